The molecule has 2 radical (unpaired) electrons. The molecule has 0 unspecified atom stereocenters. The molecule has 0 saturated carbocycles. The van der Waals surface area contributed by atoms with Gasteiger partial charge in [-0.25, -0.2) is 9.90 Å². The molecule has 0 rings (SSSR count). The predicted octanol–water partition coefficient (Wildman–Crippen LogP) is 0.668. The lowest BCUT2D eigenvalue weighted by molar-refractivity contribution is -0.142. The Kier molecular flexibility index (Phi) is 3.66. The summed E-state index contributed by atoms with van der Waals surface area (Å²) in [6.45, 7) is 0. The van der Waals surface area contributed by atoms with Crippen molar-refractivity contribution < 1.29 is 15.0 Å². The molecule has 0 aliphatic carbocycles. The first-order valence-electron chi connectivity index (χ1n) is 2.24. The van der Waals surface area contributed by atoms with Crippen LogP contribution in [-0.2, 0) is 15.0 Å². The van der Waals surface area contributed by atoms with Crippen molar-refractivity contribution in [2.24, 2.45) is 0 Å². The summed E-state index contributed by atoms with van der Waals surface area (Å²) in [6, 6.07) is 0. The summed E-state index contributed by atoms with van der Waals surface area (Å²) in [4.78, 5) is 9.63. The summed E-state index contributed by atoms with van der Waals surface area (Å²) in [5, 5.41) is 19.1. The predicted molar refractivity (Wildman–Crippen MR) is 24.8 cm³/mol. The minimum atomic E-state index is -1.12. The quantitative estimate of drug-likeness (QED) is 0.497. The summed E-state index contributed by atoms with van der Waals surface area (Å²) in [5.74, 6) is -1.12. The third kappa shape index (κ3) is 5.01. The highest BCUT2D eigenvalue weighted by atomic mass is 16.4. The lowest BCUT2D eigenvalue weighted by Crippen LogP contribution is -1.88. The molecule has 0 aromatic rings. The number of carbonyl (C=O) groups excluding carboxylic acids is 1. The molecule has 0 fully saturated rings. The molecule has 0 spiro atoms. The fourth-order valence-electron chi connectivity index (χ4n) is 0.269. The summed E-state index contributed by atoms with van der Waals surface area (Å²) < 4.78 is 0. The maximum atomic E-state index is 9.63. The van der Waals surface area contributed by atoms with Gasteiger partial charge < -0.3 is 0 Å². The second-order valence-electron chi connectivity index (χ2n) is 1.28. The van der Waals surface area contributed by atoms with Crippen LogP contribution in [0.5, 0.6) is 0 Å². The van der Waals surface area contributed by atoms with E-state index in [1.54, 1.807) is 0 Å². The Balaban J connectivity index is 3.05. The number of allylic oxidation sites excluding steroid dienone is 1. The van der Waals surface area contributed by atoms with Crippen molar-refractivity contribution in [2.45, 2.75) is 12.8 Å². The summed E-state index contributed by atoms with van der Waals surface area (Å²) in [7, 11) is 0. The largest absolute Gasteiger partial charge is 0.355 e. The third-order valence-corrected chi connectivity index (χ3v) is 0.611. The minimum absolute atomic E-state index is 0.0707. The van der Waals surface area contributed by atoms with E-state index in [9.17, 15) is 15.0 Å². The van der Waals surface area contributed by atoms with Crippen LogP contribution in [-0.4, -0.2) is 5.97 Å². The standard InChI is InChI=1S/C5H6O3/c6-4-2-1-3-5(7)8/h2,4H,1,3H2. The average Bonchev–Trinajstić information content (AvgIpc) is 1.66. The smallest absolute Gasteiger partial charge is 0.299 e. The molecule has 3 nitrogen and oxygen atoms in total. The highest BCUT2D eigenvalue weighted by Gasteiger charge is 1.93. The van der Waals surface area contributed by atoms with Gasteiger partial charge in [0.1, 0.15) is 6.26 Å². The van der Waals surface area contributed by atoms with Crippen LogP contribution < -0.4 is 0 Å². The second kappa shape index (κ2) is 4.18. The fraction of sp³-hybridized carbons (Fsp3) is 0.400. The van der Waals surface area contributed by atoms with Crippen LogP contribution in [0.4, 0.5) is 0 Å². The molecule has 44 valence electrons. The zero-order valence-electron chi connectivity index (χ0n) is 4.29. The molecule has 0 aliphatic rings. The number of hydrogen-bond acceptors (Lipinski definition) is 1. The number of rotatable bonds is 3. The van der Waals surface area contributed by atoms with Gasteiger partial charge in [0.2, 0.25) is 0 Å². The van der Waals surface area contributed by atoms with E-state index in [0.29, 0.717) is 6.26 Å². The van der Waals surface area contributed by atoms with E-state index in [4.69, 9.17) is 0 Å². The summed E-state index contributed by atoms with van der Waals surface area (Å²) in [5.41, 5.74) is 0. The van der Waals surface area contributed by atoms with Gasteiger partial charge >= 0.3 is 5.97 Å². The molecular weight excluding hydrogens is 108 g/mol. The van der Waals surface area contributed by atoms with Crippen molar-refractivity contribution in [3.63, 3.8) is 0 Å². The first-order chi connectivity index (χ1) is 3.77. The summed E-state index contributed by atoms with van der Waals surface area (Å²) >= 11 is 0. The maximum absolute atomic E-state index is 9.63. The van der Waals surface area contributed by atoms with E-state index >= 15 is 0 Å². The molecule has 0 bridgehead atoms. The first kappa shape index (κ1) is 7.01. The van der Waals surface area contributed by atoms with Crippen LogP contribution in [0.25, 0.3) is 0 Å². The lowest BCUT2D eigenvalue weighted by Gasteiger charge is -1.78. The SMILES string of the molecule is [O]C=CCCC([O])=O. The average molecular weight is 114 g/mol. The van der Waals surface area contributed by atoms with Gasteiger partial charge in [-0.1, -0.05) is 0 Å². The molecule has 0 heterocycles. The minimum Gasteiger partial charge on any atom is -0.299 e. The van der Waals surface area contributed by atoms with Crippen LogP contribution in [0.1, 0.15) is 12.8 Å². The van der Waals surface area contributed by atoms with Crippen molar-refractivity contribution in [3.05, 3.63) is 12.3 Å². The molecule has 0 aromatic carbocycles. The van der Waals surface area contributed by atoms with Crippen molar-refractivity contribution in [2.75, 3.05) is 0 Å². The lowest BCUT2D eigenvalue weighted by atomic mass is 10.3. The molecule has 0 aromatic heterocycles. The van der Waals surface area contributed by atoms with E-state index in [-0.39, 0.29) is 12.8 Å². The van der Waals surface area contributed by atoms with E-state index in [1.807, 2.05) is 0 Å². The van der Waals surface area contributed by atoms with E-state index < -0.39 is 5.97 Å². The Hall–Kier alpha value is -0.990. The van der Waals surface area contributed by atoms with Gasteiger partial charge in [-0.05, 0) is 12.5 Å². The van der Waals surface area contributed by atoms with Crippen LogP contribution in [0.2, 0.25) is 0 Å². The van der Waals surface area contributed by atoms with Crippen molar-refractivity contribution in [1.82, 2.24) is 0 Å². The normalized spacial score (nSPS) is 10.0. The van der Waals surface area contributed by atoms with Gasteiger partial charge in [-0.15, -0.1) is 0 Å². The molecule has 8 heavy (non-hydrogen) atoms. The van der Waals surface area contributed by atoms with Gasteiger partial charge in [0.15, 0.2) is 0 Å². The van der Waals surface area contributed by atoms with Gasteiger partial charge in [-0.3, -0.25) is 5.11 Å². The van der Waals surface area contributed by atoms with Crippen LogP contribution in [0.3, 0.4) is 0 Å². The second-order valence-corrected chi connectivity index (χ2v) is 1.28. The fourth-order valence-corrected chi connectivity index (χ4v) is 0.269. The topological polar surface area (TPSA) is 56.9 Å². The Bertz CT molecular complexity index is 95.8. The van der Waals surface area contributed by atoms with Crippen LogP contribution in [0, 0.1) is 0 Å². The van der Waals surface area contributed by atoms with E-state index in [1.165, 1.54) is 6.08 Å². The molecule has 0 amide bonds. The Labute approximate surface area is 47.3 Å². The molecule has 0 saturated heterocycles. The monoisotopic (exact) mass is 114 g/mol. The Morgan fingerprint density at radius 3 is 2.50 bits per heavy atom. The van der Waals surface area contributed by atoms with Crippen molar-refractivity contribution in [3.8, 4) is 0 Å². The van der Waals surface area contributed by atoms with Gasteiger partial charge in [-0.2, -0.15) is 0 Å². The molecule has 0 N–H and O–H groups in total. The van der Waals surface area contributed by atoms with E-state index in [0.717, 1.165) is 0 Å². The molecule has 3 heteroatoms. The molecule has 0 atom stereocenters. The van der Waals surface area contributed by atoms with Gasteiger partial charge in [0.25, 0.3) is 0 Å². The molecule has 0 aliphatic heterocycles. The van der Waals surface area contributed by atoms with Crippen LogP contribution in [0.15, 0.2) is 12.3 Å². The maximum Gasteiger partial charge on any atom is 0.355 e. The number of hydrogen-bond donors (Lipinski definition) is 0. The Morgan fingerprint density at radius 1 is 1.50 bits per heavy atom. The zero-order valence-corrected chi connectivity index (χ0v) is 4.29. The van der Waals surface area contributed by atoms with E-state index in [2.05, 4.69) is 0 Å². The molecular formula is C5H6O3. The zero-order chi connectivity index (χ0) is 6.41. The van der Waals surface area contributed by atoms with Gasteiger partial charge in [0.05, 0.1) is 6.42 Å². The van der Waals surface area contributed by atoms with Crippen molar-refractivity contribution >= 4 is 5.97 Å². The number of carbonyl (C=O) groups is 1. The van der Waals surface area contributed by atoms with Gasteiger partial charge in [0, 0.05) is 0 Å². The highest BCUT2D eigenvalue weighted by Crippen LogP contribution is 1.88. The Morgan fingerprint density at radius 2 is 2.12 bits per heavy atom. The third-order valence-electron chi connectivity index (χ3n) is 0.611. The summed E-state index contributed by atoms with van der Waals surface area (Å²) in [6.07, 6.45) is 2.02. The first-order valence-corrected chi connectivity index (χ1v) is 2.24. The van der Waals surface area contributed by atoms with Crippen LogP contribution >= 0.6 is 0 Å². The highest BCUT2D eigenvalue weighted by molar-refractivity contribution is 5.66. The van der Waals surface area contributed by atoms with Crippen molar-refractivity contribution in [1.29, 1.82) is 0 Å².